The highest BCUT2D eigenvalue weighted by Gasteiger charge is 2.56. The number of hydrogen-bond donors (Lipinski definition) is 5. The minimum absolute atomic E-state index is 0.276. The van der Waals surface area contributed by atoms with E-state index in [4.69, 9.17) is 14.2 Å². The van der Waals surface area contributed by atoms with Crippen LogP contribution in [0.25, 0.3) is 0 Å². The lowest BCUT2D eigenvalue weighted by Gasteiger charge is -2.37. The van der Waals surface area contributed by atoms with Gasteiger partial charge in [-0.15, -0.1) is 0 Å². The van der Waals surface area contributed by atoms with Crippen molar-refractivity contribution in [2.45, 2.75) is 11.6 Å². The van der Waals surface area contributed by atoms with Gasteiger partial charge in [0.05, 0.1) is 0 Å². The van der Waals surface area contributed by atoms with E-state index in [0.717, 1.165) is 12.2 Å². The minimum Gasteiger partial charge on any atom is -0.478 e. The number of carboxylic acids is 1. The van der Waals surface area contributed by atoms with E-state index in [2.05, 4.69) is 8.37 Å². The molecule has 0 aromatic heterocycles. The SMILES string of the molecule is O=C(O)C=CC1=CC(O)(OS(=O)(=O)O)C(O)(OS(=O)(=O)O)C=C1. The molecule has 1 aliphatic carbocycles. The van der Waals surface area contributed by atoms with Crippen molar-refractivity contribution < 1.29 is 54.4 Å². The smallest absolute Gasteiger partial charge is 0.400 e. The average molecular weight is 374 g/mol. The molecule has 23 heavy (non-hydrogen) atoms. The second-order valence-corrected chi connectivity index (χ2v) is 6.11. The fourth-order valence-electron chi connectivity index (χ4n) is 1.47. The summed E-state index contributed by atoms with van der Waals surface area (Å²) in [6.07, 6.45) is 2.84. The van der Waals surface area contributed by atoms with Gasteiger partial charge in [0.1, 0.15) is 0 Å². The van der Waals surface area contributed by atoms with Crippen molar-refractivity contribution in [1.82, 2.24) is 0 Å². The summed E-state index contributed by atoms with van der Waals surface area (Å²) >= 11 is 0. The standard InChI is InChI=1S/C9H10O12S2/c10-7(11)2-1-6-3-4-8(12,20-22(14,15)16)9(13,5-6)21-23(17,18)19/h1-5,12-13H,(H,10,11)(H,14,15,16)(H,17,18,19). The van der Waals surface area contributed by atoms with E-state index < -0.39 is 38.3 Å². The van der Waals surface area contributed by atoms with Crippen molar-refractivity contribution in [2.75, 3.05) is 0 Å². The molecule has 5 N–H and O–H groups in total. The lowest BCUT2D eigenvalue weighted by molar-refractivity contribution is -0.283. The Bertz CT molecular complexity index is 788. The fourth-order valence-corrected chi connectivity index (χ4v) is 2.45. The number of aliphatic carboxylic acids is 1. The van der Waals surface area contributed by atoms with Gasteiger partial charge < -0.3 is 15.3 Å². The van der Waals surface area contributed by atoms with Gasteiger partial charge >= 0.3 is 26.8 Å². The van der Waals surface area contributed by atoms with Crippen molar-refractivity contribution in [3.8, 4) is 0 Å². The highest BCUT2D eigenvalue weighted by Crippen LogP contribution is 2.36. The van der Waals surface area contributed by atoms with Gasteiger partial charge in [-0.3, -0.25) is 9.11 Å². The minimum atomic E-state index is -5.45. The molecule has 130 valence electrons. The molecule has 0 spiro atoms. The monoisotopic (exact) mass is 374 g/mol. The van der Waals surface area contributed by atoms with E-state index >= 15 is 0 Å². The fraction of sp³-hybridized carbons (Fsp3) is 0.222. The lowest BCUT2D eigenvalue weighted by atomic mass is 9.95. The molecule has 12 nitrogen and oxygen atoms in total. The van der Waals surface area contributed by atoms with Crippen LogP contribution in [0.1, 0.15) is 0 Å². The zero-order valence-corrected chi connectivity index (χ0v) is 12.4. The maximum atomic E-state index is 10.8. The van der Waals surface area contributed by atoms with Crippen LogP contribution in [-0.2, 0) is 34.0 Å². The Kier molecular flexibility index (Phi) is 5.14. The summed E-state index contributed by atoms with van der Waals surface area (Å²) < 4.78 is 67.7. The molecule has 0 radical (unpaired) electrons. The van der Waals surface area contributed by atoms with Gasteiger partial charge in [0.25, 0.3) is 11.6 Å². The molecule has 0 saturated heterocycles. The predicted molar refractivity (Wildman–Crippen MR) is 69.2 cm³/mol. The van der Waals surface area contributed by atoms with Gasteiger partial charge in [-0.2, -0.15) is 16.8 Å². The van der Waals surface area contributed by atoms with E-state index in [1.54, 1.807) is 0 Å². The van der Waals surface area contributed by atoms with E-state index in [9.17, 15) is 31.8 Å². The summed E-state index contributed by atoms with van der Waals surface area (Å²) in [6.45, 7) is 0. The van der Waals surface area contributed by atoms with E-state index in [-0.39, 0.29) is 5.57 Å². The zero-order chi connectivity index (χ0) is 18.1. The summed E-state index contributed by atoms with van der Waals surface area (Å²) in [5.74, 6) is -8.46. The first kappa shape index (κ1) is 19.4. The van der Waals surface area contributed by atoms with E-state index in [0.29, 0.717) is 18.2 Å². The first-order chi connectivity index (χ1) is 10.2. The molecule has 0 bridgehead atoms. The molecular formula is C9H10O12S2. The largest absolute Gasteiger partial charge is 0.478 e. The normalized spacial score (nSPS) is 28.8. The van der Waals surface area contributed by atoms with Crippen molar-refractivity contribution in [3.05, 3.63) is 36.0 Å². The third kappa shape index (κ3) is 5.48. The molecule has 1 rings (SSSR count). The first-order valence-corrected chi connectivity index (χ1v) is 8.03. The molecule has 1 aliphatic rings. The first-order valence-electron chi connectivity index (χ1n) is 5.30. The summed E-state index contributed by atoms with van der Waals surface area (Å²) in [7, 11) is -10.9. The topological polar surface area (TPSA) is 205 Å². The predicted octanol–water partition coefficient (Wildman–Crippen LogP) is -1.86. The van der Waals surface area contributed by atoms with Crippen LogP contribution in [0, 0.1) is 0 Å². The number of rotatable bonds is 6. The van der Waals surface area contributed by atoms with Gasteiger partial charge in [0.15, 0.2) is 0 Å². The number of carbonyl (C=O) groups is 1. The average Bonchev–Trinajstić information content (AvgIpc) is 2.26. The number of carboxylic acid groups (broad SMARTS) is 1. The number of allylic oxidation sites excluding steroid dienone is 3. The Morgan fingerprint density at radius 2 is 1.52 bits per heavy atom. The maximum absolute atomic E-state index is 10.8. The second kappa shape index (κ2) is 6.10. The molecule has 0 aromatic carbocycles. The summed E-state index contributed by atoms with van der Waals surface area (Å²) in [5.41, 5.74) is -0.276. The van der Waals surface area contributed by atoms with Gasteiger partial charge in [0, 0.05) is 6.08 Å². The zero-order valence-electron chi connectivity index (χ0n) is 10.8. The second-order valence-electron chi connectivity index (χ2n) is 4.06. The quantitative estimate of drug-likeness (QED) is 0.197. The molecular weight excluding hydrogens is 364 g/mol. The summed E-state index contributed by atoms with van der Waals surface area (Å²) in [4.78, 5) is 10.4. The third-order valence-electron chi connectivity index (χ3n) is 2.26. The van der Waals surface area contributed by atoms with Crippen molar-refractivity contribution >= 4 is 26.8 Å². The van der Waals surface area contributed by atoms with Gasteiger partial charge in [0.2, 0.25) is 0 Å². The molecule has 2 atom stereocenters. The Hall–Kier alpha value is -1.65. The van der Waals surface area contributed by atoms with Crippen LogP contribution in [0.2, 0.25) is 0 Å². The Morgan fingerprint density at radius 1 is 1.04 bits per heavy atom. The molecule has 0 amide bonds. The molecule has 14 heteroatoms. The Balaban J connectivity index is 3.40. The number of aliphatic hydroxyl groups is 2. The van der Waals surface area contributed by atoms with E-state index in [1.807, 2.05) is 0 Å². The summed E-state index contributed by atoms with van der Waals surface area (Å²) in [5, 5.41) is 28.4. The van der Waals surface area contributed by atoms with Crippen molar-refractivity contribution in [1.29, 1.82) is 0 Å². The van der Waals surface area contributed by atoms with Crippen LogP contribution in [0.3, 0.4) is 0 Å². The third-order valence-corrected chi connectivity index (χ3v) is 3.19. The van der Waals surface area contributed by atoms with Crippen LogP contribution in [-0.4, -0.2) is 58.8 Å². The Labute approximate surface area is 129 Å². The highest BCUT2D eigenvalue weighted by atomic mass is 32.3. The van der Waals surface area contributed by atoms with Gasteiger partial charge in [-0.25, -0.2) is 13.2 Å². The molecule has 2 unspecified atom stereocenters. The Morgan fingerprint density at radius 3 is 1.96 bits per heavy atom. The van der Waals surface area contributed by atoms with Crippen molar-refractivity contribution in [2.24, 2.45) is 0 Å². The van der Waals surface area contributed by atoms with Gasteiger partial charge in [-0.05, 0) is 23.8 Å². The van der Waals surface area contributed by atoms with Crippen LogP contribution < -0.4 is 0 Å². The number of hydrogen-bond acceptors (Lipinski definition) is 9. The lowest BCUT2D eigenvalue weighted by Crippen LogP contribution is -2.58. The van der Waals surface area contributed by atoms with Crippen LogP contribution in [0.5, 0.6) is 0 Å². The molecule has 0 fully saturated rings. The van der Waals surface area contributed by atoms with Crippen LogP contribution in [0.4, 0.5) is 0 Å². The molecule has 0 aromatic rings. The maximum Gasteiger partial charge on any atom is 0.400 e. The molecule has 0 aliphatic heterocycles. The van der Waals surface area contributed by atoms with E-state index in [1.165, 1.54) is 0 Å². The van der Waals surface area contributed by atoms with Crippen molar-refractivity contribution in [3.63, 3.8) is 0 Å². The van der Waals surface area contributed by atoms with Crippen LogP contribution in [0.15, 0.2) is 36.0 Å². The molecule has 0 saturated carbocycles. The highest BCUT2D eigenvalue weighted by molar-refractivity contribution is 7.81. The van der Waals surface area contributed by atoms with Gasteiger partial charge in [-0.1, -0.05) is 6.08 Å². The molecule has 0 heterocycles. The summed E-state index contributed by atoms with van der Waals surface area (Å²) in [6, 6.07) is 0. The van der Waals surface area contributed by atoms with Crippen LogP contribution >= 0.6 is 0 Å².